The van der Waals surface area contributed by atoms with Crippen LogP contribution in [0, 0.1) is 23.7 Å². The van der Waals surface area contributed by atoms with Crippen molar-refractivity contribution >= 4 is 0 Å². The first-order chi connectivity index (χ1) is 11.9. The summed E-state index contributed by atoms with van der Waals surface area (Å²) >= 11 is 0. The van der Waals surface area contributed by atoms with E-state index in [2.05, 4.69) is 100 Å². The van der Waals surface area contributed by atoms with E-state index in [4.69, 9.17) is 0 Å². The van der Waals surface area contributed by atoms with Crippen LogP contribution < -0.4 is 5.32 Å². The van der Waals surface area contributed by atoms with E-state index in [-0.39, 0.29) is 14.9 Å². The average molecular weight is 413 g/mol. The Labute approximate surface area is 187 Å². The number of rotatable bonds is 2. The molecule has 0 radical (unpaired) electrons. The Kier molecular flexibility index (Phi) is 11.3. The van der Waals surface area contributed by atoms with Crippen molar-refractivity contribution in [1.82, 2.24) is 10.2 Å². The van der Waals surface area contributed by atoms with E-state index in [9.17, 15) is 0 Å². The van der Waals surface area contributed by atoms with Gasteiger partial charge in [-0.15, -0.1) is 0 Å². The van der Waals surface area contributed by atoms with Gasteiger partial charge in [-0.3, -0.25) is 4.90 Å². The van der Waals surface area contributed by atoms with Gasteiger partial charge in [0.2, 0.25) is 0 Å². The van der Waals surface area contributed by atoms with Crippen molar-refractivity contribution in [3.05, 3.63) is 0 Å². The SMILES string of the molecule is C.C.CC(C)C1CC(C)(C)N(C)C(C)(C)C1.CC(C)C1CC(C)(C)NC(C)(C)C1. The maximum Gasteiger partial charge on any atom is 0.0158 e. The number of nitrogens with one attached hydrogen (secondary N) is 1. The fourth-order valence-electron chi connectivity index (χ4n) is 5.79. The summed E-state index contributed by atoms with van der Waals surface area (Å²) in [4.78, 5) is 2.55. The van der Waals surface area contributed by atoms with Crippen molar-refractivity contribution in [3.8, 4) is 0 Å². The highest BCUT2D eigenvalue weighted by Gasteiger charge is 2.43. The van der Waals surface area contributed by atoms with E-state index >= 15 is 0 Å². The summed E-state index contributed by atoms with van der Waals surface area (Å²) in [5, 5.41) is 3.72. The van der Waals surface area contributed by atoms with Crippen LogP contribution in [0.25, 0.3) is 0 Å². The molecule has 2 aliphatic rings. The van der Waals surface area contributed by atoms with Gasteiger partial charge in [-0.05, 0) is 112 Å². The predicted molar refractivity (Wildman–Crippen MR) is 136 cm³/mol. The molecule has 2 heterocycles. The zero-order valence-corrected chi connectivity index (χ0v) is 21.1. The van der Waals surface area contributed by atoms with E-state index in [0.717, 1.165) is 23.7 Å². The second-order valence-electron chi connectivity index (χ2n) is 12.9. The molecule has 0 spiro atoms. The normalized spacial score (nSPS) is 26.2. The highest BCUT2D eigenvalue weighted by molar-refractivity contribution is 4.99. The summed E-state index contributed by atoms with van der Waals surface area (Å²) in [6.45, 7) is 28.2. The summed E-state index contributed by atoms with van der Waals surface area (Å²) in [5.41, 5.74) is 1.35. The molecule has 0 aromatic carbocycles. The van der Waals surface area contributed by atoms with Crippen LogP contribution in [-0.2, 0) is 0 Å². The summed E-state index contributed by atoms with van der Waals surface area (Å²) in [5.74, 6) is 3.41. The maximum absolute atomic E-state index is 3.72. The van der Waals surface area contributed by atoms with Crippen molar-refractivity contribution in [1.29, 1.82) is 0 Å². The first-order valence-corrected chi connectivity index (χ1v) is 11.4. The molecule has 2 fully saturated rings. The number of hydrogen-bond donors (Lipinski definition) is 1. The number of hydrogen-bond acceptors (Lipinski definition) is 2. The second kappa shape index (κ2) is 10.5. The molecule has 2 saturated heterocycles. The zero-order valence-electron chi connectivity index (χ0n) is 21.1. The van der Waals surface area contributed by atoms with Crippen molar-refractivity contribution < 1.29 is 0 Å². The summed E-state index contributed by atoms with van der Waals surface area (Å²) in [6.07, 6.45) is 5.30. The van der Waals surface area contributed by atoms with Crippen LogP contribution in [0.4, 0.5) is 0 Å². The van der Waals surface area contributed by atoms with Gasteiger partial charge in [0.15, 0.2) is 0 Å². The Morgan fingerprint density at radius 3 is 1.17 bits per heavy atom. The standard InChI is InChI=1S/C13H27N.C12H25N.2CH4/c1-10(2)11-8-12(3,4)14(7)13(5,6)9-11;1-9(2)10-7-11(3,4)13-12(5,6)8-10;;/h10-11H,8-9H2,1-7H3;9-10,13H,7-8H2,1-6H3;2*1H4. The monoisotopic (exact) mass is 412 g/mol. The summed E-state index contributed by atoms with van der Waals surface area (Å²) < 4.78 is 0. The molecule has 0 bridgehead atoms. The van der Waals surface area contributed by atoms with E-state index in [1.54, 1.807) is 0 Å². The molecule has 0 aliphatic carbocycles. The highest BCUT2D eigenvalue weighted by atomic mass is 15.2. The third-order valence-electron chi connectivity index (χ3n) is 7.45. The minimum Gasteiger partial charge on any atom is -0.307 e. The first-order valence-electron chi connectivity index (χ1n) is 11.4. The molecule has 2 nitrogen and oxygen atoms in total. The van der Waals surface area contributed by atoms with E-state index in [1.807, 2.05) is 0 Å². The van der Waals surface area contributed by atoms with Gasteiger partial charge in [-0.2, -0.15) is 0 Å². The molecule has 2 aliphatic heterocycles. The molecule has 0 aromatic heterocycles. The minimum absolute atomic E-state index is 0. The van der Waals surface area contributed by atoms with Gasteiger partial charge in [0, 0.05) is 22.2 Å². The van der Waals surface area contributed by atoms with Crippen molar-refractivity contribution in [3.63, 3.8) is 0 Å². The quantitative estimate of drug-likeness (QED) is 0.494. The molecular weight excluding hydrogens is 352 g/mol. The van der Waals surface area contributed by atoms with Gasteiger partial charge in [0.1, 0.15) is 0 Å². The number of likely N-dealkylation sites (tertiary alicyclic amines) is 1. The maximum atomic E-state index is 3.72. The minimum atomic E-state index is 0. The lowest BCUT2D eigenvalue weighted by atomic mass is 9.70. The average Bonchev–Trinajstić information content (AvgIpc) is 2.41. The number of piperidine rings is 2. The summed E-state index contributed by atoms with van der Waals surface area (Å²) in [7, 11) is 2.27. The lowest BCUT2D eigenvalue weighted by Gasteiger charge is -2.54. The van der Waals surface area contributed by atoms with Gasteiger partial charge in [0.05, 0.1) is 0 Å². The molecule has 1 N–H and O–H groups in total. The van der Waals surface area contributed by atoms with Crippen molar-refractivity contribution in [2.75, 3.05) is 7.05 Å². The molecule has 0 atom stereocenters. The van der Waals surface area contributed by atoms with Gasteiger partial charge in [0.25, 0.3) is 0 Å². The molecule has 0 amide bonds. The third-order valence-corrected chi connectivity index (χ3v) is 7.45. The van der Waals surface area contributed by atoms with Crippen molar-refractivity contribution in [2.24, 2.45) is 23.7 Å². The predicted octanol–water partition coefficient (Wildman–Crippen LogP) is 8.01. The largest absolute Gasteiger partial charge is 0.307 e. The lowest BCUT2D eigenvalue weighted by molar-refractivity contribution is -0.0404. The molecule has 2 heteroatoms. The first kappa shape index (κ1) is 31.1. The second-order valence-corrected chi connectivity index (χ2v) is 12.9. The Morgan fingerprint density at radius 1 is 0.621 bits per heavy atom. The molecule has 29 heavy (non-hydrogen) atoms. The van der Waals surface area contributed by atoms with Crippen LogP contribution in [0.1, 0.15) is 124 Å². The topological polar surface area (TPSA) is 15.3 Å². The molecule has 0 unspecified atom stereocenters. The third kappa shape index (κ3) is 8.90. The Bertz CT molecular complexity index is 437. The van der Waals surface area contributed by atoms with Crippen LogP contribution >= 0.6 is 0 Å². The molecule has 0 aromatic rings. The lowest BCUT2D eigenvalue weighted by Crippen LogP contribution is -2.59. The van der Waals surface area contributed by atoms with E-state index in [0.29, 0.717) is 22.2 Å². The van der Waals surface area contributed by atoms with Gasteiger partial charge in [-0.1, -0.05) is 42.5 Å². The van der Waals surface area contributed by atoms with Gasteiger partial charge < -0.3 is 5.32 Å². The van der Waals surface area contributed by atoms with Crippen LogP contribution in [-0.4, -0.2) is 34.1 Å². The van der Waals surface area contributed by atoms with Crippen LogP contribution in [0.15, 0.2) is 0 Å². The molecular formula is C27H60N2. The van der Waals surface area contributed by atoms with Gasteiger partial charge >= 0.3 is 0 Å². The summed E-state index contributed by atoms with van der Waals surface area (Å²) in [6, 6.07) is 0. The van der Waals surface area contributed by atoms with Crippen LogP contribution in [0.3, 0.4) is 0 Å². The smallest absolute Gasteiger partial charge is 0.0158 e. The highest BCUT2D eigenvalue weighted by Crippen LogP contribution is 2.42. The Hall–Kier alpha value is -0.0800. The Morgan fingerprint density at radius 2 is 0.897 bits per heavy atom. The van der Waals surface area contributed by atoms with E-state index < -0.39 is 0 Å². The molecule has 178 valence electrons. The fraction of sp³-hybridized carbons (Fsp3) is 1.00. The number of nitrogens with zero attached hydrogens (tertiary/aromatic N) is 1. The van der Waals surface area contributed by atoms with Crippen LogP contribution in [0.2, 0.25) is 0 Å². The molecule has 0 saturated carbocycles. The molecule has 2 rings (SSSR count). The van der Waals surface area contributed by atoms with Crippen LogP contribution in [0.5, 0.6) is 0 Å². The van der Waals surface area contributed by atoms with Gasteiger partial charge in [-0.25, -0.2) is 0 Å². The fourth-order valence-corrected chi connectivity index (χ4v) is 5.79. The van der Waals surface area contributed by atoms with E-state index in [1.165, 1.54) is 25.7 Å². The Balaban J connectivity index is 0. The van der Waals surface area contributed by atoms with Crippen molar-refractivity contribution in [2.45, 2.75) is 146 Å². The zero-order chi connectivity index (χ0) is 21.4.